The summed E-state index contributed by atoms with van der Waals surface area (Å²) in [7, 11) is 0. The normalized spacial score (nSPS) is 9.33. The van der Waals surface area contributed by atoms with Crippen LogP contribution in [0.25, 0.3) is 11.0 Å². The molecule has 0 radical (unpaired) electrons. The quantitative estimate of drug-likeness (QED) is 0.661. The molecule has 0 bridgehead atoms. The number of anilines is 1. The highest BCUT2D eigenvalue weighted by atomic mass is 35.5. The van der Waals surface area contributed by atoms with Crippen LogP contribution in [0.3, 0.4) is 0 Å². The van der Waals surface area contributed by atoms with Crippen molar-refractivity contribution in [2.75, 3.05) is 5.73 Å². The van der Waals surface area contributed by atoms with E-state index in [2.05, 4.69) is 15.0 Å². The van der Waals surface area contributed by atoms with Gasteiger partial charge in [0.15, 0.2) is 5.82 Å². The van der Waals surface area contributed by atoms with Gasteiger partial charge in [0.05, 0.1) is 5.52 Å². The second-order valence-corrected chi connectivity index (χ2v) is 2.13. The molecule has 0 aromatic carbocycles. The molecule has 0 unspecified atom stereocenters. The summed E-state index contributed by atoms with van der Waals surface area (Å²) in [5.74, 6) is 0.426. The van der Waals surface area contributed by atoms with E-state index in [4.69, 9.17) is 5.73 Å². The van der Waals surface area contributed by atoms with Crippen molar-refractivity contribution < 1.29 is 0 Å². The van der Waals surface area contributed by atoms with Crippen molar-refractivity contribution in [3.8, 4) is 0 Å². The second kappa shape index (κ2) is 3.32. The van der Waals surface area contributed by atoms with Crippen molar-refractivity contribution in [1.29, 1.82) is 0 Å². The van der Waals surface area contributed by atoms with E-state index in [0.717, 1.165) is 5.52 Å². The summed E-state index contributed by atoms with van der Waals surface area (Å²) in [6.07, 6.45) is 3.10. The predicted molar refractivity (Wildman–Crippen MR) is 49.0 cm³/mol. The Morgan fingerprint density at radius 2 is 2.00 bits per heavy atom. The smallest absolute Gasteiger partial charge is 0.153 e. The zero-order chi connectivity index (χ0) is 7.68. The highest BCUT2D eigenvalue weighted by Crippen LogP contribution is 2.10. The molecule has 2 N–H and O–H groups in total. The van der Waals surface area contributed by atoms with Crippen LogP contribution in [0.2, 0.25) is 0 Å². The second-order valence-electron chi connectivity index (χ2n) is 2.13. The largest absolute Gasteiger partial charge is 0.382 e. The summed E-state index contributed by atoms with van der Waals surface area (Å²) in [6.45, 7) is 0. The van der Waals surface area contributed by atoms with E-state index in [1.165, 1.54) is 6.33 Å². The Kier molecular flexibility index (Phi) is 2.40. The van der Waals surface area contributed by atoms with Gasteiger partial charge < -0.3 is 5.73 Å². The third-order valence-electron chi connectivity index (χ3n) is 1.42. The molecule has 62 valence electrons. The average Bonchev–Trinajstić information content (AvgIpc) is 2.06. The minimum absolute atomic E-state index is 0. The zero-order valence-electron chi connectivity index (χ0n) is 6.14. The first-order valence-electron chi connectivity index (χ1n) is 3.19. The van der Waals surface area contributed by atoms with Gasteiger partial charge in [0.1, 0.15) is 11.8 Å². The van der Waals surface area contributed by atoms with Crippen LogP contribution in [-0.2, 0) is 0 Å². The first kappa shape index (κ1) is 8.67. The number of hydrogen-bond donors (Lipinski definition) is 1. The Morgan fingerprint density at radius 1 is 1.17 bits per heavy atom. The van der Waals surface area contributed by atoms with E-state index >= 15 is 0 Å². The van der Waals surface area contributed by atoms with E-state index in [1.54, 1.807) is 6.20 Å². The Balaban J connectivity index is 0.000000720. The van der Waals surface area contributed by atoms with Gasteiger partial charge >= 0.3 is 0 Å². The molecule has 0 fully saturated rings. The molecule has 5 heteroatoms. The number of nitrogens with zero attached hydrogens (tertiary/aromatic N) is 3. The molecule has 0 saturated carbocycles. The molecule has 0 aliphatic rings. The van der Waals surface area contributed by atoms with E-state index in [0.29, 0.717) is 11.3 Å². The van der Waals surface area contributed by atoms with Gasteiger partial charge in [0.2, 0.25) is 0 Å². The van der Waals surface area contributed by atoms with Crippen LogP contribution in [0.4, 0.5) is 5.82 Å². The van der Waals surface area contributed by atoms with Crippen molar-refractivity contribution in [3.63, 3.8) is 0 Å². The summed E-state index contributed by atoms with van der Waals surface area (Å²) in [5.41, 5.74) is 6.98. The van der Waals surface area contributed by atoms with E-state index < -0.39 is 0 Å². The van der Waals surface area contributed by atoms with Crippen LogP contribution in [0.1, 0.15) is 0 Å². The maximum atomic E-state index is 5.54. The minimum atomic E-state index is 0. The van der Waals surface area contributed by atoms with E-state index in [1.807, 2.05) is 12.1 Å². The topological polar surface area (TPSA) is 64.7 Å². The predicted octanol–water partition coefficient (Wildman–Crippen LogP) is 1.03. The Bertz CT molecular complexity index is 385. The minimum Gasteiger partial charge on any atom is -0.382 e. The number of nitrogen functional groups attached to an aromatic ring is 1. The first-order chi connectivity index (χ1) is 5.38. The monoisotopic (exact) mass is 182 g/mol. The zero-order valence-corrected chi connectivity index (χ0v) is 6.95. The molecule has 4 nitrogen and oxygen atoms in total. The van der Waals surface area contributed by atoms with E-state index in [-0.39, 0.29) is 12.4 Å². The third kappa shape index (κ3) is 1.29. The lowest BCUT2D eigenvalue weighted by molar-refractivity contribution is 1.20. The highest BCUT2D eigenvalue weighted by molar-refractivity contribution is 5.85. The maximum Gasteiger partial charge on any atom is 0.153 e. The van der Waals surface area contributed by atoms with Gasteiger partial charge in [0.25, 0.3) is 0 Å². The number of hydrogen-bond acceptors (Lipinski definition) is 4. The number of nitrogens with two attached hydrogens (primary N) is 1. The fourth-order valence-corrected chi connectivity index (χ4v) is 0.913. The van der Waals surface area contributed by atoms with Gasteiger partial charge in [-0.3, -0.25) is 4.98 Å². The van der Waals surface area contributed by atoms with Crippen LogP contribution in [0.15, 0.2) is 24.7 Å². The first-order valence-corrected chi connectivity index (χ1v) is 3.19. The van der Waals surface area contributed by atoms with Crippen molar-refractivity contribution in [1.82, 2.24) is 15.0 Å². The number of halogens is 1. The van der Waals surface area contributed by atoms with Crippen LogP contribution in [-0.4, -0.2) is 15.0 Å². The van der Waals surface area contributed by atoms with Crippen LogP contribution in [0, 0.1) is 0 Å². The highest BCUT2D eigenvalue weighted by Gasteiger charge is 1.97. The SMILES string of the molecule is Cl.Nc1ncnc2cccnc12. The van der Waals surface area contributed by atoms with Gasteiger partial charge in [-0.1, -0.05) is 0 Å². The van der Waals surface area contributed by atoms with E-state index in [9.17, 15) is 0 Å². The molecule has 12 heavy (non-hydrogen) atoms. The maximum absolute atomic E-state index is 5.54. The molecule has 0 saturated heterocycles. The summed E-state index contributed by atoms with van der Waals surface area (Å²) in [6, 6.07) is 3.66. The lowest BCUT2D eigenvalue weighted by Crippen LogP contribution is -1.94. The molecule has 0 aliphatic carbocycles. The van der Waals surface area contributed by atoms with Crippen molar-refractivity contribution in [3.05, 3.63) is 24.7 Å². The summed E-state index contributed by atoms with van der Waals surface area (Å²) < 4.78 is 0. The molecule has 2 aromatic rings. The molecule has 2 rings (SSSR count). The van der Waals surface area contributed by atoms with Gasteiger partial charge in [0, 0.05) is 6.20 Å². The number of fused-ring (bicyclic) bond motifs is 1. The van der Waals surface area contributed by atoms with Crippen molar-refractivity contribution in [2.45, 2.75) is 0 Å². The summed E-state index contributed by atoms with van der Waals surface area (Å²) >= 11 is 0. The fraction of sp³-hybridized carbons (Fsp3) is 0. The van der Waals surface area contributed by atoms with Crippen LogP contribution in [0.5, 0.6) is 0 Å². The van der Waals surface area contributed by atoms with Crippen LogP contribution >= 0.6 is 12.4 Å². The van der Waals surface area contributed by atoms with Gasteiger partial charge in [-0.15, -0.1) is 12.4 Å². The standard InChI is InChI=1S/C7H6N4.ClH/c8-7-6-5(10-4-11-7)2-1-3-9-6;/h1-4H,(H2,8,10,11);1H. The summed E-state index contributed by atoms with van der Waals surface area (Å²) in [4.78, 5) is 11.8. The molecular weight excluding hydrogens is 176 g/mol. The average molecular weight is 183 g/mol. The Morgan fingerprint density at radius 3 is 2.75 bits per heavy atom. The van der Waals surface area contributed by atoms with Gasteiger partial charge in [-0.25, -0.2) is 9.97 Å². The number of rotatable bonds is 0. The van der Waals surface area contributed by atoms with Gasteiger partial charge in [-0.05, 0) is 12.1 Å². The Labute approximate surface area is 75.3 Å². The van der Waals surface area contributed by atoms with Crippen molar-refractivity contribution in [2.24, 2.45) is 0 Å². The molecule has 0 aliphatic heterocycles. The van der Waals surface area contributed by atoms with Gasteiger partial charge in [-0.2, -0.15) is 0 Å². The van der Waals surface area contributed by atoms with Crippen LogP contribution < -0.4 is 5.73 Å². The molecule has 2 heterocycles. The molecule has 0 spiro atoms. The molecule has 0 atom stereocenters. The number of pyridine rings is 1. The Hall–Kier alpha value is -1.42. The number of aromatic nitrogens is 3. The molecular formula is C7H7ClN4. The molecule has 0 amide bonds. The fourth-order valence-electron chi connectivity index (χ4n) is 0.913. The summed E-state index contributed by atoms with van der Waals surface area (Å²) in [5, 5.41) is 0. The van der Waals surface area contributed by atoms with Crippen molar-refractivity contribution >= 4 is 29.3 Å². The third-order valence-corrected chi connectivity index (χ3v) is 1.42. The lowest BCUT2D eigenvalue weighted by atomic mass is 10.3. The lowest BCUT2D eigenvalue weighted by Gasteiger charge is -1.95. The molecule has 2 aromatic heterocycles.